The van der Waals surface area contributed by atoms with E-state index >= 15 is 8.78 Å². The Morgan fingerprint density at radius 2 is 1.93 bits per heavy atom. The van der Waals surface area contributed by atoms with Crippen molar-refractivity contribution in [3.63, 3.8) is 0 Å². The molecule has 1 saturated carbocycles. The molecule has 4 fully saturated rings. The van der Waals surface area contributed by atoms with Gasteiger partial charge in [0.25, 0.3) is 11.8 Å². The molecule has 3 saturated heterocycles. The van der Waals surface area contributed by atoms with Crippen molar-refractivity contribution in [3.8, 4) is 17.2 Å². The van der Waals surface area contributed by atoms with Crippen molar-refractivity contribution in [3.05, 3.63) is 58.1 Å². The first-order chi connectivity index (χ1) is 19.6. The van der Waals surface area contributed by atoms with E-state index in [-0.39, 0.29) is 25.2 Å². The minimum Gasteiger partial charge on any atom is -0.372 e. The number of nitrogens with one attached hydrogen (secondary N) is 2. The molecule has 3 heterocycles. The number of aliphatic hydroxyl groups is 1. The SMILES string of the molecule is N#C[C@H](C[C@@H]1CCCNC1=O)NC(=O)[C@H]1[C@@H]2CC[C@@H](CC2(F)F)N1C(=O)[C@@]1(O)c2ccccc2-c2ccc(Br)cc21. The van der Waals surface area contributed by atoms with Gasteiger partial charge in [-0.05, 0) is 55.4 Å². The van der Waals surface area contributed by atoms with Crippen LogP contribution in [0.5, 0.6) is 0 Å². The Balaban J connectivity index is 1.36. The van der Waals surface area contributed by atoms with Crippen LogP contribution in [-0.4, -0.2) is 58.3 Å². The van der Waals surface area contributed by atoms with E-state index in [2.05, 4.69) is 26.6 Å². The second-order valence-electron chi connectivity index (χ2n) is 11.5. The van der Waals surface area contributed by atoms with Gasteiger partial charge in [0, 0.05) is 40.5 Å². The van der Waals surface area contributed by atoms with Crippen molar-refractivity contribution in [2.75, 3.05) is 6.54 Å². The van der Waals surface area contributed by atoms with E-state index in [0.29, 0.717) is 39.7 Å². The fourth-order valence-electron chi connectivity index (χ4n) is 7.19. The number of hydrogen-bond donors (Lipinski definition) is 3. The molecule has 5 aliphatic rings. The predicted molar refractivity (Wildman–Crippen MR) is 147 cm³/mol. The van der Waals surface area contributed by atoms with Crippen LogP contribution in [0.4, 0.5) is 8.78 Å². The summed E-state index contributed by atoms with van der Waals surface area (Å²) < 4.78 is 31.2. The number of carbonyl (C=O) groups is 3. The van der Waals surface area contributed by atoms with Crippen molar-refractivity contribution in [1.82, 2.24) is 15.5 Å². The van der Waals surface area contributed by atoms with Crippen molar-refractivity contribution in [1.29, 1.82) is 5.26 Å². The zero-order valence-corrected chi connectivity index (χ0v) is 23.7. The summed E-state index contributed by atoms with van der Waals surface area (Å²) in [6, 6.07) is 10.4. The lowest BCUT2D eigenvalue weighted by Gasteiger charge is -2.54. The Hall–Kier alpha value is -3.36. The van der Waals surface area contributed by atoms with Crippen molar-refractivity contribution < 1.29 is 28.3 Å². The molecule has 0 spiro atoms. The molecule has 3 amide bonds. The van der Waals surface area contributed by atoms with Gasteiger partial charge >= 0.3 is 0 Å². The van der Waals surface area contributed by atoms with Crippen LogP contribution in [0.2, 0.25) is 0 Å². The topological polar surface area (TPSA) is 123 Å². The number of alkyl halides is 2. The molecule has 2 aromatic rings. The molecule has 0 unspecified atom stereocenters. The Labute approximate surface area is 244 Å². The van der Waals surface area contributed by atoms with Crippen LogP contribution in [0.25, 0.3) is 11.1 Å². The molecule has 8 nitrogen and oxygen atoms in total. The maximum Gasteiger partial charge on any atom is 0.264 e. The van der Waals surface area contributed by atoms with Gasteiger partial charge in [0.1, 0.15) is 12.1 Å². The molecule has 7 rings (SSSR count). The summed E-state index contributed by atoms with van der Waals surface area (Å²) in [4.78, 5) is 41.7. The molecule has 2 aromatic carbocycles. The number of amides is 3. The van der Waals surface area contributed by atoms with Crippen LogP contribution in [-0.2, 0) is 20.0 Å². The van der Waals surface area contributed by atoms with Gasteiger partial charge in [0.05, 0.1) is 12.0 Å². The maximum atomic E-state index is 15.3. The number of nitrogens with zero attached hydrogens (tertiary/aromatic N) is 2. The third kappa shape index (κ3) is 4.43. The fourth-order valence-corrected chi connectivity index (χ4v) is 7.55. The zero-order chi connectivity index (χ0) is 29.1. The molecule has 11 heteroatoms. The van der Waals surface area contributed by atoms with Gasteiger partial charge in [-0.15, -0.1) is 0 Å². The molecule has 2 aliphatic carbocycles. The lowest BCUT2D eigenvalue weighted by molar-refractivity contribution is -0.201. The number of hydrogen-bond acceptors (Lipinski definition) is 5. The first-order valence-corrected chi connectivity index (χ1v) is 14.7. The zero-order valence-electron chi connectivity index (χ0n) is 22.1. The van der Waals surface area contributed by atoms with Crippen LogP contribution < -0.4 is 10.6 Å². The summed E-state index contributed by atoms with van der Waals surface area (Å²) in [7, 11) is 0. The second-order valence-corrected chi connectivity index (χ2v) is 12.4. The molecule has 0 aromatic heterocycles. The highest BCUT2D eigenvalue weighted by Crippen LogP contribution is 2.54. The van der Waals surface area contributed by atoms with E-state index in [1.165, 1.54) is 0 Å². The molecule has 2 bridgehead atoms. The van der Waals surface area contributed by atoms with Crippen LogP contribution in [0.15, 0.2) is 46.9 Å². The van der Waals surface area contributed by atoms with Crippen molar-refractivity contribution >= 4 is 33.7 Å². The number of piperidine rings is 3. The van der Waals surface area contributed by atoms with Crippen LogP contribution in [0.1, 0.15) is 49.7 Å². The number of halogens is 3. The average molecular weight is 627 g/mol. The molecule has 3 aliphatic heterocycles. The average Bonchev–Trinajstić information content (AvgIpc) is 3.21. The first-order valence-electron chi connectivity index (χ1n) is 13.9. The van der Waals surface area contributed by atoms with Gasteiger partial charge < -0.3 is 20.6 Å². The highest BCUT2D eigenvalue weighted by molar-refractivity contribution is 9.10. The van der Waals surface area contributed by atoms with Gasteiger partial charge in [-0.25, -0.2) is 8.78 Å². The second kappa shape index (κ2) is 10.2. The van der Waals surface area contributed by atoms with Gasteiger partial charge in [-0.2, -0.15) is 5.26 Å². The molecule has 3 N–H and O–H groups in total. The predicted octanol–water partition coefficient (Wildman–Crippen LogP) is 3.60. The number of nitriles is 1. The largest absolute Gasteiger partial charge is 0.372 e. The van der Waals surface area contributed by atoms with Crippen molar-refractivity contribution in [2.24, 2.45) is 11.8 Å². The third-order valence-electron chi connectivity index (χ3n) is 9.12. The van der Waals surface area contributed by atoms with Crippen molar-refractivity contribution in [2.45, 2.75) is 68.2 Å². The Morgan fingerprint density at radius 1 is 1.17 bits per heavy atom. The third-order valence-corrected chi connectivity index (χ3v) is 9.61. The first kappa shape index (κ1) is 27.8. The smallest absolute Gasteiger partial charge is 0.264 e. The van der Waals surface area contributed by atoms with Crippen LogP contribution >= 0.6 is 15.9 Å². The molecule has 214 valence electrons. The van der Waals surface area contributed by atoms with E-state index in [4.69, 9.17) is 0 Å². The number of benzene rings is 2. The monoisotopic (exact) mass is 626 g/mol. The fraction of sp³-hybridized carbons (Fsp3) is 0.467. The van der Waals surface area contributed by atoms with E-state index in [0.717, 1.165) is 11.3 Å². The highest BCUT2D eigenvalue weighted by atomic mass is 79.9. The van der Waals surface area contributed by atoms with Gasteiger partial charge in [-0.1, -0.05) is 46.3 Å². The summed E-state index contributed by atoms with van der Waals surface area (Å²) in [5.41, 5.74) is -0.277. The molecule has 6 atom stereocenters. The van der Waals surface area contributed by atoms with Gasteiger partial charge in [0.15, 0.2) is 5.60 Å². The number of rotatable bonds is 5. The van der Waals surface area contributed by atoms with Gasteiger partial charge in [0.2, 0.25) is 11.8 Å². The summed E-state index contributed by atoms with van der Waals surface area (Å²) in [5.74, 6) is -7.09. The number of carbonyl (C=O) groups excluding carboxylic acids is 3. The quantitative estimate of drug-likeness (QED) is 0.468. The summed E-state index contributed by atoms with van der Waals surface area (Å²) in [5, 5.41) is 27.3. The molecule has 0 radical (unpaired) electrons. The maximum absolute atomic E-state index is 15.3. The van der Waals surface area contributed by atoms with Crippen LogP contribution in [0, 0.1) is 23.2 Å². The van der Waals surface area contributed by atoms with E-state index in [1.54, 1.807) is 42.5 Å². The minimum atomic E-state index is -3.20. The molecular weight excluding hydrogens is 598 g/mol. The summed E-state index contributed by atoms with van der Waals surface area (Å²) in [6.45, 7) is 0.544. The Bertz CT molecular complexity index is 1480. The van der Waals surface area contributed by atoms with E-state index in [1.807, 2.05) is 6.07 Å². The van der Waals surface area contributed by atoms with Crippen LogP contribution in [0.3, 0.4) is 0 Å². The minimum absolute atomic E-state index is 0.0267. The van der Waals surface area contributed by atoms with E-state index in [9.17, 15) is 24.8 Å². The Morgan fingerprint density at radius 3 is 2.66 bits per heavy atom. The number of fused-ring (bicyclic) bond motifs is 6. The lowest BCUT2D eigenvalue weighted by Crippen LogP contribution is -2.70. The lowest BCUT2D eigenvalue weighted by atomic mass is 9.70. The summed E-state index contributed by atoms with van der Waals surface area (Å²) >= 11 is 3.41. The summed E-state index contributed by atoms with van der Waals surface area (Å²) in [6.07, 6.45) is 1.01. The molecule has 41 heavy (non-hydrogen) atoms. The molecular formula is C30H29BrF2N4O4. The highest BCUT2D eigenvalue weighted by Gasteiger charge is 2.63. The van der Waals surface area contributed by atoms with Gasteiger partial charge in [-0.3, -0.25) is 14.4 Å². The standard InChI is InChI=1S/C30H29BrF2N4O4/c31-17-7-9-21-20-5-1-2-6-22(20)30(41,24(21)13-17)28(40)37-19-8-10-23(29(32,33)14-19)25(37)27(39)36-18(15-34)12-16-4-3-11-35-26(16)38/h1-2,5-7,9,13,16,18-19,23,25,41H,3-4,8,10-12,14H2,(H,35,38)(H,36,39)/t16-,18-,19-,23-,25+,30+/m0/s1. The van der Waals surface area contributed by atoms with E-state index < -0.39 is 59.7 Å². The Kier molecular flexibility index (Phi) is 6.90. The normalized spacial score (nSPS) is 30.0.